The van der Waals surface area contributed by atoms with Gasteiger partial charge in [0.2, 0.25) is 0 Å². The average Bonchev–Trinajstić information content (AvgIpc) is 2.48. The number of benzene rings is 1. The standard InChI is InChI=1S/C19H26O2/c1-16(2)10-6-5-9-15-21-19(20)17(3)13-14-18-11-7-4-8-12-18/h4,7-8,11-14,16H,3,5-6,9-10,15H2,1-2H3. The number of rotatable bonds is 9. The van der Waals surface area contributed by atoms with Crippen molar-refractivity contribution in [3.63, 3.8) is 0 Å². The van der Waals surface area contributed by atoms with Crippen LogP contribution in [0.1, 0.15) is 45.1 Å². The zero-order chi connectivity index (χ0) is 15.5. The summed E-state index contributed by atoms with van der Waals surface area (Å²) in [5.41, 5.74) is 1.43. The lowest BCUT2D eigenvalue weighted by Crippen LogP contribution is -2.07. The third-order valence-corrected chi connectivity index (χ3v) is 3.20. The fraction of sp³-hybridized carbons (Fsp3) is 0.421. The maximum absolute atomic E-state index is 11.7. The number of hydrogen-bond donors (Lipinski definition) is 0. The highest BCUT2D eigenvalue weighted by molar-refractivity contribution is 5.92. The van der Waals surface area contributed by atoms with Crippen LogP contribution in [-0.4, -0.2) is 12.6 Å². The van der Waals surface area contributed by atoms with Gasteiger partial charge in [-0.15, -0.1) is 0 Å². The first kappa shape index (κ1) is 17.2. The lowest BCUT2D eigenvalue weighted by Gasteiger charge is -2.06. The topological polar surface area (TPSA) is 26.3 Å². The molecule has 0 amide bonds. The Morgan fingerprint density at radius 3 is 2.57 bits per heavy atom. The molecule has 0 aliphatic carbocycles. The van der Waals surface area contributed by atoms with Crippen LogP contribution in [0, 0.1) is 5.92 Å². The molecular formula is C19H26O2. The minimum atomic E-state index is -0.328. The van der Waals surface area contributed by atoms with E-state index in [0.29, 0.717) is 12.2 Å². The van der Waals surface area contributed by atoms with Gasteiger partial charge in [-0.3, -0.25) is 0 Å². The monoisotopic (exact) mass is 286 g/mol. The van der Waals surface area contributed by atoms with Gasteiger partial charge in [0.25, 0.3) is 0 Å². The highest BCUT2D eigenvalue weighted by Gasteiger charge is 2.04. The molecule has 0 heterocycles. The first-order valence-electron chi connectivity index (χ1n) is 7.68. The molecule has 1 aromatic rings. The van der Waals surface area contributed by atoms with Crippen molar-refractivity contribution in [1.82, 2.24) is 0 Å². The van der Waals surface area contributed by atoms with Crippen molar-refractivity contribution in [2.75, 3.05) is 6.61 Å². The van der Waals surface area contributed by atoms with E-state index in [2.05, 4.69) is 20.4 Å². The molecule has 1 rings (SSSR count). The van der Waals surface area contributed by atoms with E-state index in [1.54, 1.807) is 6.08 Å². The molecule has 114 valence electrons. The second-order valence-corrected chi connectivity index (χ2v) is 5.65. The van der Waals surface area contributed by atoms with Crippen LogP contribution in [0.15, 0.2) is 48.6 Å². The molecule has 0 aromatic heterocycles. The van der Waals surface area contributed by atoms with Gasteiger partial charge in [-0.05, 0) is 24.0 Å². The van der Waals surface area contributed by atoms with Crippen LogP contribution >= 0.6 is 0 Å². The quantitative estimate of drug-likeness (QED) is 0.276. The third-order valence-electron chi connectivity index (χ3n) is 3.20. The zero-order valence-corrected chi connectivity index (χ0v) is 13.2. The summed E-state index contributed by atoms with van der Waals surface area (Å²) < 4.78 is 5.21. The molecule has 0 radical (unpaired) electrons. The predicted molar refractivity (Wildman–Crippen MR) is 88.9 cm³/mol. The molecule has 0 bridgehead atoms. The normalized spacial score (nSPS) is 11.0. The van der Waals surface area contributed by atoms with Crippen molar-refractivity contribution in [2.24, 2.45) is 5.92 Å². The molecule has 0 aliphatic rings. The van der Waals surface area contributed by atoms with E-state index in [0.717, 1.165) is 24.3 Å². The molecule has 2 nitrogen and oxygen atoms in total. The Morgan fingerprint density at radius 2 is 1.90 bits per heavy atom. The molecule has 0 saturated carbocycles. The predicted octanol–water partition coefficient (Wildman–Crippen LogP) is 5.02. The van der Waals surface area contributed by atoms with Gasteiger partial charge >= 0.3 is 5.97 Å². The van der Waals surface area contributed by atoms with Crippen molar-refractivity contribution < 1.29 is 9.53 Å². The van der Waals surface area contributed by atoms with E-state index in [-0.39, 0.29) is 5.97 Å². The molecule has 0 aliphatic heterocycles. The fourth-order valence-electron chi connectivity index (χ4n) is 1.92. The summed E-state index contributed by atoms with van der Waals surface area (Å²) in [4.78, 5) is 11.7. The van der Waals surface area contributed by atoms with Crippen molar-refractivity contribution in [3.05, 3.63) is 54.1 Å². The summed E-state index contributed by atoms with van der Waals surface area (Å²) in [5, 5.41) is 0. The van der Waals surface area contributed by atoms with Crippen LogP contribution < -0.4 is 0 Å². The molecule has 0 saturated heterocycles. The van der Waals surface area contributed by atoms with E-state index >= 15 is 0 Å². The Labute approximate surface area is 128 Å². The first-order valence-corrected chi connectivity index (χ1v) is 7.68. The zero-order valence-electron chi connectivity index (χ0n) is 13.2. The number of ether oxygens (including phenoxy) is 1. The summed E-state index contributed by atoms with van der Waals surface area (Å²) in [6.07, 6.45) is 8.04. The number of carbonyl (C=O) groups excluding carboxylic acids is 1. The van der Waals surface area contributed by atoms with E-state index in [1.807, 2.05) is 36.4 Å². The van der Waals surface area contributed by atoms with Gasteiger partial charge in [0.05, 0.1) is 12.2 Å². The Bertz CT molecular complexity index is 458. The summed E-state index contributed by atoms with van der Waals surface area (Å²) in [5.74, 6) is 0.418. The second kappa shape index (κ2) is 9.98. The highest BCUT2D eigenvalue weighted by Crippen LogP contribution is 2.09. The van der Waals surface area contributed by atoms with Gasteiger partial charge in [-0.2, -0.15) is 0 Å². The molecular weight excluding hydrogens is 260 g/mol. The maximum atomic E-state index is 11.7. The van der Waals surface area contributed by atoms with E-state index in [4.69, 9.17) is 4.74 Å². The number of unbranched alkanes of at least 4 members (excludes halogenated alkanes) is 2. The van der Waals surface area contributed by atoms with Gasteiger partial charge in [-0.1, -0.05) is 76.1 Å². The van der Waals surface area contributed by atoms with Crippen LogP contribution in [0.5, 0.6) is 0 Å². The average molecular weight is 286 g/mol. The van der Waals surface area contributed by atoms with Crippen molar-refractivity contribution >= 4 is 12.0 Å². The summed E-state index contributed by atoms with van der Waals surface area (Å²) in [6, 6.07) is 9.82. The minimum absolute atomic E-state index is 0.328. The van der Waals surface area contributed by atoms with Gasteiger partial charge < -0.3 is 4.74 Å². The van der Waals surface area contributed by atoms with Crippen LogP contribution in [0.4, 0.5) is 0 Å². The van der Waals surface area contributed by atoms with Gasteiger partial charge in [0.15, 0.2) is 0 Å². The SMILES string of the molecule is C=C(C=Cc1ccccc1)C(=O)OCCCCCC(C)C. The molecule has 21 heavy (non-hydrogen) atoms. The molecule has 0 atom stereocenters. The van der Waals surface area contributed by atoms with Crippen molar-refractivity contribution in [2.45, 2.75) is 39.5 Å². The van der Waals surface area contributed by atoms with E-state index < -0.39 is 0 Å². The molecule has 0 unspecified atom stereocenters. The number of carbonyl (C=O) groups is 1. The lowest BCUT2D eigenvalue weighted by atomic mass is 10.1. The molecule has 0 N–H and O–H groups in total. The largest absolute Gasteiger partial charge is 0.462 e. The van der Waals surface area contributed by atoms with Crippen LogP contribution in [-0.2, 0) is 9.53 Å². The van der Waals surface area contributed by atoms with Crippen molar-refractivity contribution in [3.8, 4) is 0 Å². The molecule has 0 spiro atoms. The number of esters is 1. The summed E-state index contributed by atoms with van der Waals surface area (Å²) >= 11 is 0. The fourth-order valence-corrected chi connectivity index (χ4v) is 1.92. The Morgan fingerprint density at radius 1 is 1.19 bits per heavy atom. The van der Waals surface area contributed by atoms with E-state index in [1.165, 1.54) is 12.8 Å². The van der Waals surface area contributed by atoms with Crippen molar-refractivity contribution in [1.29, 1.82) is 0 Å². The van der Waals surface area contributed by atoms with Gasteiger partial charge in [0, 0.05) is 0 Å². The number of hydrogen-bond acceptors (Lipinski definition) is 2. The summed E-state index contributed by atoms with van der Waals surface area (Å²) in [6.45, 7) is 8.68. The molecule has 1 aromatic carbocycles. The Balaban J connectivity index is 2.20. The summed E-state index contributed by atoms with van der Waals surface area (Å²) in [7, 11) is 0. The maximum Gasteiger partial charge on any atom is 0.337 e. The van der Waals surface area contributed by atoms with Crippen LogP contribution in [0.2, 0.25) is 0 Å². The smallest absolute Gasteiger partial charge is 0.337 e. The Kier molecular flexibility index (Phi) is 8.18. The highest BCUT2D eigenvalue weighted by atomic mass is 16.5. The van der Waals surface area contributed by atoms with Gasteiger partial charge in [-0.25, -0.2) is 4.79 Å². The first-order chi connectivity index (χ1) is 10.1. The lowest BCUT2D eigenvalue weighted by molar-refractivity contribution is -0.138. The van der Waals surface area contributed by atoms with Crippen LogP contribution in [0.25, 0.3) is 6.08 Å². The third kappa shape index (κ3) is 8.13. The molecule has 2 heteroatoms. The van der Waals surface area contributed by atoms with Gasteiger partial charge in [0.1, 0.15) is 0 Å². The minimum Gasteiger partial charge on any atom is -0.462 e. The van der Waals surface area contributed by atoms with Crippen LogP contribution in [0.3, 0.4) is 0 Å². The molecule has 0 fully saturated rings. The van der Waals surface area contributed by atoms with E-state index in [9.17, 15) is 4.79 Å². The Hall–Kier alpha value is -1.83. The second-order valence-electron chi connectivity index (χ2n) is 5.65.